The molecule has 0 aromatic carbocycles. The van der Waals surface area contributed by atoms with Gasteiger partial charge in [-0.25, -0.2) is 0 Å². The van der Waals surface area contributed by atoms with Crippen LogP contribution in [-0.2, 0) is 4.79 Å². The summed E-state index contributed by atoms with van der Waals surface area (Å²) in [4.78, 5) is 15.6. The van der Waals surface area contributed by atoms with Crippen molar-refractivity contribution < 1.29 is 4.79 Å². The summed E-state index contributed by atoms with van der Waals surface area (Å²) in [5.74, 6) is 0.269. The molecule has 1 N–H and O–H groups in total. The second-order valence-electron chi connectivity index (χ2n) is 3.63. The van der Waals surface area contributed by atoms with E-state index in [-0.39, 0.29) is 17.1 Å². The van der Waals surface area contributed by atoms with Crippen molar-refractivity contribution in [2.75, 3.05) is 11.6 Å². The Morgan fingerprint density at radius 1 is 1.53 bits per heavy atom. The van der Waals surface area contributed by atoms with Crippen molar-refractivity contribution in [1.82, 2.24) is 4.98 Å². The molecule has 0 aliphatic carbocycles. The fourth-order valence-electron chi connectivity index (χ4n) is 1.25. The van der Waals surface area contributed by atoms with Gasteiger partial charge in [0.2, 0.25) is 5.12 Å². The molecule has 15 heavy (non-hydrogen) atoms. The highest BCUT2D eigenvalue weighted by atomic mass is 32.2. The first-order valence-electron chi connectivity index (χ1n) is 4.89. The Hall–Kier alpha value is -1.03. The zero-order valence-electron chi connectivity index (χ0n) is 9.23. The third-order valence-corrected chi connectivity index (χ3v) is 2.76. The van der Waals surface area contributed by atoms with Crippen molar-refractivity contribution in [2.45, 2.75) is 19.9 Å². The number of nitrogens with one attached hydrogen (secondary N) is 1. The van der Waals surface area contributed by atoms with Gasteiger partial charge in [0.1, 0.15) is 0 Å². The maximum absolute atomic E-state index is 11.6. The van der Waals surface area contributed by atoms with Crippen LogP contribution in [0.1, 0.15) is 13.8 Å². The third-order valence-electron chi connectivity index (χ3n) is 2.11. The molecule has 1 aromatic heterocycles. The summed E-state index contributed by atoms with van der Waals surface area (Å²) in [6.07, 6.45) is 5.25. The number of hydrogen-bond donors (Lipinski definition) is 1. The van der Waals surface area contributed by atoms with E-state index in [1.807, 2.05) is 32.2 Å². The first-order valence-corrected chi connectivity index (χ1v) is 6.12. The van der Waals surface area contributed by atoms with Crippen LogP contribution in [0.2, 0.25) is 0 Å². The number of thioether (sulfide) groups is 1. The molecule has 0 fully saturated rings. The van der Waals surface area contributed by atoms with E-state index in [1.165, 1.54) is 11.8 Å². The number of carbonyl (C=O) groups is 1. The number of carbonyl (C=O) groups excluding carboxylic acids is 1. The lowest BCUT2D eigenvalue weighted by molar-refractivity contribution is -0.112. The minimum absolute atomic E-state index is 0.149. The van der Waals surface area contributed by atoms with Crippen molar-refractivity contribution >= 4 is 22.6 Å². The maximum atomic E-state index is 11.6. The Kier molecular flexibility index (Phi) is 4.62. The van der Waals surface area contributed by atoms with Gasteiger partial charge in [-0.1, -0.05) is 25.6 Å². The molecule has 1 atom stereocenters. The van der Waals surface area contributed by atoms with Gasteiger partial charge in [0, 0.05) is 12.4 Å². The molecule has 0 saturated carbocycles. The quantitative estimate of drug-likeness (QED) is 0.852. The lowest BCUT2D eigenvalue weighted by atomic mass is 10.1. The topological polar surface area (TPSA) is 42.0 Å². The second-order valence-corrected chi connectivity index (χ2v) is 4.44. The Labute approximate surface area is 94.7 Å². The molecule has 0 spiro atoms. The van der Waals surface area contributed by atoms with Gasteiger partial charge in [-0.05, 0) is 24.3 Å². The van der Waals surface area contributed by atoms with Gasteiger partial charge in [-0.2, -0.15) is 0 Å². The minimum Gasteiger partial charge on any atom is -0.373 e. The van der Waals surface area contributed by atoms with Gasteiger partial charge >= 0.3 is 0 Å². The van der Waals surface area contributed by atoms with Crippen molar-refractivity contribution in [1.29, 1.82) is 0 Å². The summed E-state index contributed by atoms with van der Waals surface area (Å²) in [6.45, 7) is 4.06. The summed E-state index contributed by atoms with van der Waals surface area (Å²) in [7, 11) is 0. The van der Waals surface area contributed by atoms with Crippen molar-refractivity contribution in [3.8, 4) is 0 Å². The van der Waals surface area contributed by atoms with E-state index in [9.17, 15) is 4.79 Å². The lowest BCUT2D eigenvalue weighted by Gasteiger charge is -2.20. The van der Waals surface area contributed by atoms with Gasteiger partial charge in [0.25, 0.3) is 0 Å². The fraction of sp³-hybridized carbons (Fsp3) is 0.455. The minimum atomic E-state index is -0.149. The number of aromatic nitrogens is 1. The van der Waals surface area contributed by atoms with E-state index in [4.69, 9.17) is 0 Å². The van der Waals surface area contributed by atoms with E-state index in [2.05, 4.69) is 10.3 Å². The molecule has 82 valence electrons. The Bertz CT molecular complexity index is 314. The van der Waals surface area contributed by atoms with Crippen LogP contribution in [0.5, 0.6) is 0 Å². The highest BCUT2D eigenvalue weighted by Crippen LogP contribution is 2.15. The smallest absolute Gasteiger partial charge is 0.211 e. The van der Waals surface area contributed by atoms with Crippen LogP contribution in [-0.4, -0.2) is 22.4 Å². The summed E-state index contributed by atoms with van der Waals surface area (Å²) in [5, 5.41) is 3.36. The van der Waals surface area contributed by atoms with Gasteiger partial charge in [-0.15, -0.1) is 0 Å². The van der Waals surface area contributed by atoms with E-state index >= 15 is 0 Å². The van der Waals surface area contributed by atoms with Crippen molar-refractivity contribution in [3.05, 3.63) is 24.5 Å². The van der Waals surface area contributed by atoms with Crippen LogP contribution in [0.15, 0.2) is 24.5 Å². The second kappa shape index (κ2) is 5.75. The third kappa shape index (κ3) is 3.55. The summed E-state index contributed by atoms with van der Waals surface area (Å²) < 4.78 is 0. The highest BCUT2D eigenvalue weighted by molar-refractivity contribution is 8.13. The van der Waals surface area contributed by atoms with E-state index in [1.54, 1.807) is 12.4 Å². The van der Waals surface area contributed by atoms with Crippen molar-refractivity contribution in [3.63, 3.8) is 0 Å². The Morgan fingerprint density at radius 2 is 2.27 bits per heavy atom. The number of anilines is 1. The molecule has 0 saturated heterocycles. The van der Waals surface area contributed by atoms with Gasteiger partial charge in [0.15, 0.2) is 0 Å². The van der Waals surface area contributed by atoms with Crippen molar-refractivity contribution in [2.24, 2.45) is 5.92 Å². The first kappa shape index (κ1) is 12.0. The SMILES string of the molecule is CSC(=O)[C@@H](Nc1cccnc1)C(C)C. The Morgan fingerprint density at radius 3 is 2.73 bits per heavy atom. The normalized spacial score (nSPS) is 12.5. The molecule has 4 heteroatoms. The van der Waals surface area contributed by atoms with Crippen LogP contribution in [0.25, 0.3) is 0 Å². The van der Waals surface area contributed by atoms with Crippen LogP contribution in [0, 0.1) is 5.92 Å². The van der Waals surface area contributed by atoms with E-state index in [0.717, 1.165) is 5.69 Å². The predicted octanol–water partition coefficient (Wildman–Crippen LogP) is 2.41. The van der Waals surface area contributed by atoms with Gasteiger partial charge in [-0.3, -0.25) is 9.78 Å². The molecule has 0 bridgehead atoms. The lowest BCUT2D eigenvalue weighted by Crippen LogP contribution is -2.32. The summed E-state index contributed by atoms with van der Waals surface area (Å²) >= 11 is 1.26. The fourth-order valence-corrected chi connectivity index (χ4v) is 1.84. The average Bonchev–Trinajstić information content (AvgIpc) is 2.26. The van der Waals surface area contributed by atoms with Gasteiger partial charge in [0.05, 0.1) is 11.7 Å². The average molecular weight is 224 g/mol. The first-order chi connectivity index (χ1) is 7.15. The largest absolute Gasteiger partial charge is 0.373 e. The van der Waals surface area contributed by atoms with Gasteiger partial charge < -0.3 is 5.32 Å². The molecule has 0 amide bonds. The maximum Gasteiger partial charge on any atom is 0.211 e. The number of rotatable bonds is 4. The molecule has 0 aliphatic heterocycles. The highest BCUT2D eigenvalue weighted by Gasteiger charge is 2.20. The predicted molar refractivity (Wildman–Crippen MR) is 65.0 cm³/mol. The molecule has 0 aliphatic rings. The number of nitrogens with zero attached hydrogens (tertiary/aromatic N) is 1. The standard InChI is InChI=1S/C11H16N2OS/c1-8(2)10(11(14)15-3)13-9-5-4-6-12-7-9/h4-8,10,13H,1-3H3/t10-/m0/s1. The molecular formula is C11H16N2OS. The zero-order chi connectivity index (χ0) is 11.3. The molecule has 0 unspecified atom stereocenters. The van der Waals surface area contributed by atoms with E-state index in [0.29, 0.717) is 0 Å². The number of pyridine rings is 1. The van der Waals surface area contributed by atoms with E-state index < -0.39 is 0 Å². The van der Waals surface area contributed by atoms with Crippen LogP contribution in [0.4, 0.5) is 5.69 Å². The van der Waals surface area contributed by atoms with Crippen LogP contribution in [0.3, 0.4) is 0 Å². The monoisotopic (exact) mass is 224 g/mol. The zero-order valence-corrected chi connectivity index (χ0v) is 10.0. The van der Waals surface area contributed by atoms with Crippen LogP contribution < -0.4 is 5.32 Å². The molecule has 1 heterocycles. The number of hydrogen-bond acceptors (Lipinski definition) is 4. The van der Waals surface area contributed by atoms with Crippen LogP contribution >= 0.6 is 11.8 Å². The molecule has 1 rings (SSSR count). The summed E-state index contributed by atoms with van der Waals surface area (Å²) in [5.41, 5.74) is 0.888. The summed E-state index contributed by atoms with van der Waals surface area (Å²) in [6, 6.07) is 3.61. The molecule has 3 nitrogen and oxygen atoms in total. The molecular weight excluding hydrogens is 208 g/mol. The molecule has 0 radical (unpaired) electrons. The Balaban J connectivity index is 2.72. The molecule has 1 aromatic rings.